The van der Waals surface area contributed by atoms with Crippen LogP contribution in [-0.2, 0) is 6.61 Å². The quantitative estimate of drug-likeness (QED) is 0.492. The maximum atomic E-state index is 14.0. The minimum Gasteiger partial charge on any atom is -0.471 e. The Morgan fingerprint density at radius 2 is 2.19 bits per heavy atom. The predicted octanol–water partition coefficient (Wildman–Crippen LogP) is 3.65. The molecule has 0 aliphatic carbocycles. The van der Waals surface area contributed by atoms with E-state index in [1.165, 1.54) is 25.3 Å². The van der Waals surface area contributed by atoms with Crippen LogP contribution < -0.4 is 21.1 Å². The standard InChI is InChI=1S/C22H30FN5O3S/c1-14-7-8-16(17(23)12-14)13-31-20-18(19(24)29)21(32-27-20)26-22(30)25-9-5-11-28-10-4-3-6-15(28)2/h7-8,12,15H,3-6,9-11,13H2,1-2H3,(H2,24,29)(H2,25,26,30). The third-order valence-electron chi connectivity index (χ3n) is 5.56. The molecule has 1 saturated heterocycles. The lowest BCUT2D eigenvalue weighted by atomic mass is 10.0. The highest BCUT2D eigenvalue weighted by Crippen LogP contribution is 2.31. The summed E-state index contributed by atoms with van der Waals surface area (Å²) in [5, 5.41) is 5.60. The number of urea groups is 1. The van der Waals surface area contributed by atoms with Crippen molar-refractivity contribution in [3.05, 3.63) is 40.7 Å². The van der Waals surface area contributed by atoms with Gasteiger partial charge in [-0.25, -0.2) is 9.18 Å². The van der Waals surface area contributed by atoms with Gasteiger partial charge >= 0.3 is 6.03 Å². The third-order valence-corrected chi connectivity index (χ3v) is 6.30. The number of aromatic nitrogens is 1. The number of hydrogen-bond acceptors (Lipinski definition) is 6. The number of aryl methyl sites for hydroxylation is 1. The monoisotopic (exact) mass is 463 g/mol. The van der Waals surface area contributed by atoms with E-state index in [2.05, 4.69) is 26.8 Å². The molecule has 3 rings (SSSR count). The number of hydrogen-bond donors (Lipinski definition) is 3. The fraction of sp³-hybridized carbons (Fsp3) is 0.500. The zero-order valence-corrected chi connectivity index (χ0v) is 19.3. The number of piperidine rings is 1. The molecule has 3 amide bonds. The summed E-state index contributed by atoms with van der Waals surface area (Å²) in [5.41, 5.74) is 6.56. The van der Waals surface area contributed by atoms with Crippen LogP contribution in [-0.4, -0.2) is 46.9 Å². The number of amides is 3. The second-order valence-corrected chi connectivity index (χ2v) is 8.83. The molecule has 174 valence electrons. The molecule has 0 saturated carbocycles. The van der Waals surface area contributed by atoms with Crippen molar-refractivity contribution in [2.45, 2.75) is 52.2 Å². The van der Waals surface area contributed by atoms with Gasteiger partial charge in [-0.15, -0.1) is 0 Å². The molecule has 4 N–H and O–H groups in total. The van der Waals surface area contributed by atoms with E-state index in [0.29, 0.717) is 18.2 Å². The number of primary amides is 1. The fourth-order valence-electron chi connectivity index (χ4n) is 3.71. The molecule has 0 spiro atoms. The van der Waals surface area contributed by atoms with Gasteiger partial charge in [0.1, 0.15) is 23.0 Å². The van der Waals surface area contributed by atoms with Gasteiger partial charge in [0.05, 0.1) is 0 Å². The molecule has 1 fully saturated rings. The van der Waals surface area contributed by atoms with Gasteiger partial charge in [-0.3, -0.25) is 10.1 Å². The largest absolute Gasteiger partial charge is 0.471 e. The van der Waals surface area contributed by atoms with Gasteiger partial charge in [0.2, 0.25) is 5.88 Å². The van der Waals surface area contributed by atoms with Crippen molar-refractivity contribution in [1.82, 2.24) is 14.6 Å². The number of carbonyl (C=O) groups is 2. The first-order chi connectivity index (χ1) is 15.3. The highest BCUT2D eigenvalue weighted by atomic mass is 32.1. The Bertz CT molecular complexity index is 952. The minimum atomic E-state index is -0.785. The minimum absolute atomic E-state index is 0.0280. The number of halogens is 1. The first kappa shape index (κ1) is 23.9. The van der Waals surface area contributed by atoms with Gasteiger partial charge in [0, 0.05) is 24.7 Å². The highest BCUT2D eigenvalue weighted by Gasteiger charge is 2.22. The second-order valence-electron chi connectivity index (χ2n) is 8.05. The summed E-state index contributed by atoms with van der Waals surface area (Å²) in [5.74, 6) is -1.22. The van der Waals surface area contributed by atoms with Crippen LogP contribution in [0.25, 0.3) is 0 Å². The number of nitrogens with two attached hydrogens (primary N) is 1. The van der Waals surface area contributed by atoms with E-state index in [1.54, 1.807) is 19.1 Å². The summed E-state index contributed by atoms with van der Waals surface area (Å²) >= 11 is 0.887. The SMILES string of the molecule is Cc1ccc(COc2nsc(NC(=O)NCCCN3CCCCC3C)c2C(N)=O)c(F)c1. The van der Waals surface area contributed by atoms with Crippen molar-refractivity contribution >= 4 is 28.5 Å². The van der Waals surface area contributed by atoms with Crippen molar-refractivity contribution in [2.24, 2.45) is 5.73 Å². The van der Waals surface area contributed by atoms with E-state index in [0.717, 1.165) is 36.6 Å². The number of nitrogens with one attached hydrogen (secondary N) is 2. The van der Waals surface area contributed by atoms with Crippen molar-refractivity contribution in [3.63, 3.8) is 0 Å². The second kappa shape index (κ2) is 11.2. The average Bonchev–Trinajstić information content (AvgIpc) is 3.14. The van der Waals surface area contributed by atoms with Crippen molar-refractivity contribution in [1.29, 1.82) is 0 Å². The van der Waals surface area contributed by atoms with E-state index in [4.69, 9.17) is 10.5 Å². The number of benzene rings is 1. The zero-order chi connectivity index (χ0) is 23.1. The Hall–Kier alpha value is -2.72. The van der Waals surface area contributed by atoms with Crippen LogP contribution in [0.5, 0.6) is 5.88 Å². The molecular weight excluding hydrogens is 433 g/mol. The molecule has 1 unspecified atom stereocenters. The van der Waals surface area contributed by atoms with Crippen LogP contribution in [0.2, 0.25) is 0 Å². The van der Waals surface area contributed by atoms with Crippen LogP contribution in [0.4, 0.5) is 14.2 Å². The Morgan fingerprint density at radius 1 is 1.38 bits per heavy atom. The number of ether oxygens (including phenoxy) is 1. The molecule has 2 aromatic rings. The molecule has 0 bridgehead atoms. The molecule has 1 aliphatic heterocycles. The van der Waals surface area contributed by atoms with E-state index in [9.17, 15) is 14.0 Å². The number of likely N-dealkylation sites (tertiary alicyclic amines) is 1. The molecule has 1 aliphatic rings. The van der Waals surface area contributed by atoms with E-state index >= 15 is 0 Å². The van der Waals surface area contributed by atoms with Gasteiger partial charge in [-0.1, -0.05) is 18.6 Å². The molecule has 0 radical (unpaired) electrons. The van der Waals surface area contributed by atoms with Crippen molar-refractivity contribution < 1.29 is 18.7 Å². The summed E-state index contributed by atoms with van der Waals surface area (Å²) in [6.45, 7) is 6.46. The lowest BCUT2D eigenvalue weighted by Gasteiger charge is -2.33. The van der Waals surface area contributed by atoms with Crippen molar-refractivity contribution in [2.75, 3.05) is 25.0 Å². The van der Waals surface area contributed by atoms with Gasteiger partial charge in [-0.05, 0) is 62.8 Å². The Balaban J connectivity index is 1.51. The molecule has 1 aromatic heterocycles. The molecule has 8 nitrogen and oxygen atoms in total. The topological polar surface area (TPSA) is 110 Å². The molecule has 1 aromatic carbocycles. The van der Waals surface area contributed by atoms with E-state index < -0.39 is 17.8 Å². The predicted molar refractivity (Wildman–Crippen MR) is 123 cm³/mol. The van der Waals surface area contributed by atoms with Gasteiger partial charge < -0.3 is 20.7 Å². The summed E-state index contributed by atoms with van der Waals surface area (Å²) in [6.07, 6.45) is 4.55. The van der Waals surface area contributed by atoms with Crippen LogP contribution >= 0.6 is 11.5 Å². The molecule has 1 atom stereocenters. The van der Waals surface area contributed by atoms with Gasteiger partial charge in [0.25, 0.3) is 5.91 Å². The van der Waals surface area contributed by atoms with Crippen LogP contribution in [0.1, 0.15) is 54.1 Å². The number of anilines is 1. The summed E-state index contributed by atoms with van der Waals surface area (Å²) in [6, 6.07) is 4.91. The summed E-state index contributed by atoms with van der Waals surface area (Å²) in [7, 11) is 0. The van der Waals surface area contributed by atoms with Crippen LogP contribution in [0, 0.1) is 12.7 Å². The Morgan fingerprint density at radius 3 is 2.91 bits per heavy atom. The summed E-state index contributed by atoms with van der Waals surface area (Å²) in [4.78, 5) is 26.6. The third kappa shape index (κ3) is 6.39. The van der Waals surface area contributed by atoms with Crippen molar-refractivity contribution in [3.8, 4) is 5.88 Å². The smallest absolute Gasteiger partial charge is 0.319 e. The summed E-state index contributed by atoms with van der Waals surface area (Å²) < 4.78 is 23.6. The Labute approximate surface area is 191 Å². The molecule has 10 heteroatoms. The average molecular weight is 464 g/mol. The number of rotatable bonds is 9. The maximum Gasteiger partial charge on any atom is 0.319 e. The van der Waals surface area contributed by atoms with Crippen LogP contribution in [0.3, 0.4) is 0 Å². The lowest BCUT2D eigenvalue weighted by Crippen LogP contribution is -2.39. The van der Waals surface area contributed by atoms with Crippen LogP contribution in [0.15, 0.2) is 18.2 Å². The van der Waals surface area contributed by atoms with Gasteiger partial charge in [-0.2, -0.15) is 4.37 Å². The zero-order valence-electron chi connectivity index (χ0n) is 18.4. The number of nitrogens with zero attached hydrogens (tertiary/aromatic N) is 2. The first-order valence-electron chi connectivity index (χ1n) is 10.8. The lowest BCUT2D eigenvalue weighted by molar-refractivity contribution is 0.0996. The maximum absolute atomic E-state index is 14.0. The highest BCUT2D eigenvalue weighted by molar-refractivity contribution is 7.11. The normalized spacial score (nSPS) is 16.5. The molecule has 2 heterocycles. The van der Waals surface area contributed by atoms with Gasteiger partial charge in [0.15, 0.2) is 0 Å². The number of carbonyl (C=O) groups excluding carboxylic acids is 2. The Kier molecular flexibility index (Phi) is 8.40. The van der Waals surface area contributed by atoms with E-state index in [-0.39, 0.29) is 23.1 Å². The fourth-order valence-corrected chi connectivity index (χ4v) is 4.45. The molecule has 32 heavy (non-hydrogen) atoms. The first-order valence-corrected chi connectivity index (χ1v) is 11.6. The molecular formula is C22H30FN5O3S. The van der Waals surface area contributed by atoms with E-state index in [1.807, 2.05) is 0 Å².